The summed E-state index contributed by atoms with van der Waals surface area (Å²) in [5.74, 6) is 0. The SMILES string of the molecule is COCCNS(=O)(=O)c1ccc(B2OC(C)(C)C(C)(C)O2)c(C(F)(F)F)c1. The first-order chi connectivity index (χ1) is 12.2. The number of halogens is 3. The van der Waals surface area contributed by atoms with Gasteiger partial charge in [0.1, 0.15) is 0 Å². The number of nitrogens with one attached hydrogen (secondary N) is 1. The Bertz CT molecular complexity index is 780. The number of benzene rings is 1. The highest BCUT2D eigenvalue weighted by Gasteiger charge is 2.53. The van der Waals surface area contributed by atoms with Gasteiger partial charge in [-0.1, -0.05) is 6.07 Å². The molecule has 11 heteroatoms. The van der Waals surface area contributed by atoms with Crippen LogP contribution in [0.15, 0.2) is 23.1 Å². The standard InChI is InChI=1S/C16H23BF3NO5S/c1-14(2)15(3,4)26-17(25-14)13-7-6-11(10-12(13)16(18,19)20)27(22,23)21-8-9-24-5/h6-7,10,21H,8-9H2,1-5H3. The number of hydrogen-bond acceptors (Lipinski definition) is 5. The van der Waals surface area contributed by atoms with Crippen molar-refractivity contribution in [3.63, 3.8) is 0 Å². The van der Waals surface area contributed by atoms with Crippen LogP contribution in [0.5, 0.6) is 0 Å². The van der Waals surface area contributed by atoms with Crippen LogP contribution in [-0.2, 0) is 30.2 Å². The third-order valence-corrected chi connectivity index (χ3v) is 6.20. The molecule has 2 rings (SSSR count). The maximum Gasteiger partial charge on any atom is 0.495 e. The van der Waals surface area contributed by atoms with E-state index in [9.17, 15) is 21.6 Å². The molecule has 0 spiro atoms. The summed E-state index contributed by atoms with van der Waals surface area (Å²) in [5, 5.41) is 0. The van der Waals surface area contributed by atoms with Gasteiger partial charge in [-0.05, 0) is 45.3 Å². The van der Waals surface area contributed by atoms with Gasteiger partial charge in [0.15, 0.2) is 0 Å². The fraction of sp³-hybridized carbons (Fsp3) is 0.625. The largest absolute Gasteiger partial charge is 0.495 e. The van der Waals surface area contributed by atoms with Crippen LogP contribution >= 0.6 is 0 Å². The number of ether oxygens (including phenoxy) is 1. The molecule has 0 saturated carbocycles. The molecule has 152 valence electrons. The van der Waals surface area contributed by atoms with E-state index in [0.29, 0.717) is 6.07 Å². The van der Waals surface area contributed by atoms with Crippen molar-refractivity contribution in [1.29, 1.82) is 0 Å². The molecule has 1 saturated heterocycles. The smallest absolute Gasteiger partial charge is 0.399 e. The van der Waals surface area contributed by atoms with Crippen molar-refractivity contribution < 1.29 is 35.6 Å². The Morgan fingerprint density at radius 1 is 1.15 bits per heavy atom. The number of methoxy groups -OCH3 is 1. The minimum atomic E-state index is -4.78. The molecule has 1 fully saturated rings. The van der Waals surface area contributed by atoms with Crippen molar-refractivity contribution in [1.82, 2.24) is 4.72 Å². The highest BCUT2D eigenvalue weighted by molar-refractivity contribution is 7.89. The average molecular weight is 409 g/mol. The lowest BCUT2D eigenvalue weighted by Crippen LogP contribution is -2.41. The zero-order valence-corrected chi connectivity index (χ0v) is 16.6. The lowest BCUT2D eigenvalue weighted by Gasteiger charge is -2.32. The number of hydrogen-bond donors (Lipinski definition) is 1. The van der Waals surface area contributed by atoms with Crippen LogP contribution < -0.4 is 10.2 Å². The topological polar surface area (TPSA) is 73.9 Å². The molecule has 27 heavy (non-hydrogen) atoms. The van der Waals surface area contributed by atoms with Gasteiger partial charge in [-0.15, -0.1) is 0 Å². The van der Waals surface area contributed by atoms with Crippen LogP contribution in [0.1, 0.15) is 33.3 Å². The third-order valence-electron chi connectivity index (χ3n) is 4.75. The Morgan fingerprint density at radius 3 is 2.19 bits per heavy atom. The van der Waals surface area contributed by atoms with E-state index in [0.717, 1.165) is 12.1 Å². The highest BCUT2D eigenvalue weighted by atomic mass is 32.2. The van der Waals surface area contributed by atoms with E-state index in [2.05, 4.69) is 4.72 Å². The predicted molar refractivity (Wildman–Crippen MR) is 94.2 cm³/mol. The molecule has 0 radical (unpaired) electrons. The van der Waals surface area contributed by atoms with Gasteiger partial charge >= 0.3 is 13.3 Å². The Hall–Kier alpha value is -1.14. The molecule has 1 aliphatic heterocycles. The second-order valence-corrected chi connectivity index (χ2v) is 8.99. The van der Waals surface area contributed by atoms with Crippen molar-refractivity contribution in [3.05, 3.63) is 23.8 Å². The Kier molecular flexibility index (Phi) is 6.04. The molecule has 0 atom stereocenters. The van der Waals surface area contributed by atoms with E-state index in [-0.39, 0.29) is 18.6 Å². The van der Waals surface area contributed by atoms with Crippen molar-refractivity contribution in [2.45, 2.75) is 50.0 Å². The molecule has 0 aliphatic carbocycles. The van der Waals surface area contributed by atoms with Crippen LogP contribution in [0.3, 0.4) is 0 Å². The average Bonchev–Trinajstić information content (AvgIpc) is 2.74. The molecular weight excluding hydrogens is 386 g/mol. The summed E-state index contributed by atoms with van der Waals surface area (Å²) in [4.78, 5) is -0.494. The molecule has 0 unspecified atom stereocenters. The Labute approximate surface area is 157 Å². The summed E-state index contributed by atoms with van der Waals surface area (Å²) in [6.07, 6.45) is -4.78. The molecular formula is C16H23BF3NO5S. The molecule has 1 aliphatic rings. The van der Waals surface area contributed by atoms with Crippen LogP contribution in [0.25, 0.3) is 0 Å². The van der Waals surface area contributed by atoms with Crippen molar-refractivity contribution >= 4 is 22.6 Å². The van der Waals surface area contributed by atoms with E-state index in [1.54, 1.807) is 27.7 Å². The van der Waals surface area contributed by atoms with Gasteiger partial charge in [0, 0.05) is 13.7 Å². The van der Waals surface area contributed by atoms with Crippen LogP contribution in [0.2, 0.25) is 0 Å². The zero-order chi connectivity index (χ0) is 20.7. The van der Waals surface area contributed by atoms with Gasteiger partial charge in [-0.3, -0.25) is 0 Å². The summed E-state index contributed by atoms with van der Waals surface area (Å²) in [6, 6.07) is 2.77. The maximum atomic E-state index is 13.6. The summed E-state index contributed by atoms with van der Waals surface area (Å²) < 4.78 is 83.6. The monoisotopic (exact) mass is 409 g/mol. The van der Waals surface area contributed by atoms with E-state index in [1.807, 2.05) is 0 Å². The van der Waals surface area contributed by atoms with E-state index < -0.39 is 45.0 Å². The zero-order valence-electron chi connectivity index (χ0n) is 15.8. The van der Waals surface area contributed by atoms with Gasteiger partial charge < -0.3 is 14.0 Å². The van der Waals surface area contributed by atoms with Gasteiger partial charge in [-0.2, -0.15) is 13.2 Å². The Balaban J connectivity index is 2.44. The van der Waals surface area contributed by atoms with E-state index in [1.165, 1.54) is 7.11 Å². The first kappa shape index (κ1) is 22.2. The fourth-order valence-electron chi connectivity index (χ4n) is 2.49. The van der Waals surface area contributed by atoms with Gasteiger partial charge in [0.25, 0.3) is 0 Å². The maximum absolute atomic E-state index is 13.6. The molecule has 0 amide bonds. The molecule has 1 aromatic carbocycles. The van der Waals surface area contributed by atoms with Crippen LogP contribution in [0, 0.1) is 0 Å². The molecule has 0 bridgehead atoms. The molecule has 6 nitrogen and oxygen atoms in total. The van der Waals surface area contributed by atoms with E-state index in [4.69, 9.17) is 14.0 Å². The van der Waals surface area contributed by atoms with Crippen molar-refractivity contribution in [2.24, 2.45) is 0 Å². The van der Waals surface area contributed by atoms with Crippen LogP contribution in [-0.4, -0.2) is 47.0 Å². The molecule has 1 heterocycles. The second kappa shape index (κ2) is 7.36. The normalized spacial score (nSPS) is 19.5. The minimum Gasteiger partial charge on any atom is -0.399 e. The molecule has 0 aromatic heterocycles. The predicted octanol–water partition coefficient (Wildman–Crippen LogP) is 1.93. The second-order valence-electron chi connectivity index (χ2n) is 7.23. The lowest BCUT2D eigenvalue weighted by atomic mass is 9.76. The summed E-state index contributed by atoms with van der Waals surface area (Å²) in [5.41, 5.74) is -3.03. The first-order valence-corrected chi connectivity index (χ1v) is 9.75. The van der Waals surface area contributed by atoms with Gasteiger partial charge in [-0.25, -0.2) is 13.1 Å². The van der Waals surface area contributed by atoms with Gasteiger partial charge in [0.05, 0.1) is 28.3 Å². The summed E-state index contributed by atoms with van der Waals surface area (Å²) in [7, 11) is -3.99. The fourth-order valence-corrected chi connectivity index (χ4v) is 3.52. The van der Waals surface area contributed by atoms with Gasteiger partial charge in [0.2, 0.25) is 10.0 Å². The quantitative estimate of drug-likeness (QED) is 0.574. The van der Waals surface area contributed by atoms with E-state index >= 15 is 0 Å². The van der Waals surface area contributed by atoms with Crippen LogP contribution in [0.4, 0.5) is 13.2 Å². The summed E-state index contributed by atoms with van der Waals surface area (Å²) >= 11 is 0. The summed E-state index contributed by atoms with van der Waals surface area (Å²) in [6.45, 7) is 6.92. The number of rotatable bonds is 6. The van der Waals surface area contributed by atoms with Crippen molar-refractivity contribution in [2.75, 3.05) is 20.3 Å². The third kappa shape index (κ3) is 4.65. The molecule has 1 aromatic rings. The Morgan fingerprint density at radius 2 is 1.70 bits per heavy atom. The molecule has 1 N–H and O–H groups in total. The number of alkyl halides is 3. The lowest BCUT2D eigenvalue weighted by molar-refractivity contribution is -0.137. The number of sulfonamides is 1. The minimum absolute atomic E-state index is 0.0564. The first-order valence-electron chi connectivity index (χ1n) is 8.27. The van der Waals surface area contributed by atoms with Crippen molar-refractivity contribution in [3.8, 4) is 0 Å². The highest BCUT2D eigenvalue weighted by Crippen LogP contribution is 2.38.